The van der Waals surface area contributed by atoms with E-state index in [4.69, 9.17) is 14.2 Å². The molecule has 22 heavy (non-hydrogen) atoms. The smallest absolute Gasteiger partial charge is 0.203 e. The minimum Gasteiger partial charge on any atom is -0.493 e. The minimum absolute atomic E-state index is 0.146. The van der Waals surface area contributed by atoms with Crippen LogP contribution in [0.3, 0.4) is 0 Å². The second-order valence-electron chi connectivity index (χ2n) is 4.50. The van der Waals surface area contributed by atoms with E-state index < -0.39 is 0 Å². The van der Waals surface area contributed by atoms with Gasteiger partial charge in [0.25, 0.3) is 0 Å². The van der Waals surface area contributed by atoms with Gasteiger partial charge in [0.1, 0.15) is 0 Å². The SMILES string of the molecule is C=CC(=O)c1ccccc1-c1ccc(OC)c(OC)c1OC. The molecule has 114 valence electrons. The summed E-state index contributed by atoms with van der Waals surface area (Å²) >= 11 is 0. The van der Waals surface area contributed by atoms with Crippen LogP contribution in [0.5, 0.6) is 17.2 Å². The van der Waals surface area contributed by atoms with Gasteiger partial charge in [-0.3, -0.25) is 4.79 Å². The quantitative estimate of drug-likeness (QED) is 0.602. The van der Waals surface area contributed by atoms with Gasteiger partial charge in [-0.1, -0.05) is 30.8 Å². The van der Waals surface area contributed by atoms with Crippen LogP contribution in [0.25, 0.3) is 11.1 Å². The number of methoxy groups -OCH3 is 3. The molecule has 0 fully saturated rings. The molecule has 0 bridgehead atoms. The van der Waals surface area contributed by atoms with Crippen molar-refractivity contribution in [1.29, 1.82) is 0 Å². The van der Waals surface area contributed by atoms with E-state index in [0.29, 0.717) is 22.8 Å². The van der Waals surface area contributed by atoms with E-state index in [9.17, 15) is 4.79 Å². The second kappa shape index (κ2) is 6.80. The third-order valence-electron chi connectivity index (χ3n) is 3.37. The van der Waals surface area contributed by atoms with Gasteiger partial charge in [0.05, 0.1) is 21.3 Å². The molecule has 0 spiro atoms. The lowest BCUT2D eigenvalue weighted by Gasteiger charge is -2.17. The van der Waals surface area contributed by atoms with Crippen molar-refractivity contribution < 1.29 is 19.0 Å². The summed E-state index contributed by atoms with van der Waals surface area (Å²) in [5.41, 5.74) is 2.07. The first-order chi connectivity index (χ1) is 10.7. The number of carbonyl (C=O) groups is 1. The monoisotopic (exact) mass is 298 g/mol. The van der Waals surface area contributed by atoms with Crippen LogP contribution in [0.15, 0.2) is 49.1 Å². The summed E-state index contributed by atoms with van der Waals surface area (Å²) in [7, 11) is 4.66. The van der Waals surface area contributed by atoms with Gasteiger partial charge in [-0.05, 0) is 23.8 Å². The molecule has 0 amide bonds. The lowest BCUT2D eigenvalue weighted by atomic mass is 9.96. The molecule has 0 aromatic heterocycles. The van der Waals surface area contributed by atoms with Gasteiger partial charge in [-0.15, -0.1) is 0 Å². The summed E-state index contributed by atoms with van der Waals surface area (Å²) in [6.45, 7) is 3.55. The molecule has 4 nitrogen and oxygen atoms in total. The van der Waals surface area contributed by atoms with Gasteiger partial charge in [0, 0.05) is 11.1 Å². The van der Waals surface area contributed by atoms with E-state index in [1.807, 2.05) is 24.3 Å². The average Bonchev–Trinajstić information content (AvgIpc) is 2.59. The Morgan fingerprint density at radius 3 is 2.18 bits per heavy atom. The Balaban J connectivity index is 2.73. The summed E-state index contributed by atoms with van der Waals surface area (Å²) < 4.78 is 16.2. The number of ketones is 1. The van der Waals surface area contributed by atoms with Gasteiger partial charge in [-0.25, -0.2) is 0 Å². The Morgan fingerprint density at radius 1 is 0.909 bits per heavy atom. The standard InChI is InChI=1S/C18H18O4/c1-5-15(19)13-9-7-6-8-12(13)14-10-11-16(20-2)18(22-4)17(14)21-3/h5-11H,1H2,2-4H3. The zero-order valence-corrected chi connectivity index (χ0v) is 12.9. The average molecular weight is 298 g/mol. The summed E-state index contributed by atoms with van der Waals surface area (Å²) in [6.07, 6.45) is 1.30. The molecule has 0 aliphatic heterocycles. The molecule has 2 aromatic carbocycles. The molecule has 2 rings (SSSR count). The van der Waals surface area contributed by atoms with Crippen molar-refractivity contribution >= 4 is 5.78 Å². The Morgan fingerprint density at radius 2 is 1.59 bits per heavy atom. The Kier molecular flexibility index (Phi) is 4.84. The highest BCUT2D eigenvalue weighted by atomic mass is 16.5. The van der Waals surface area contributed by atoms with Gasteiger partial charge >= 0.3 is 0 Å². The number of hydrogen-bond donors (Lipinski definition) is 0. The maximum absolute atomic E-state index is 12.1. The maximum Gasteiger partial charge on any atom is 0.203 e. The lowest BCUT2D eigenvalue weighted by Crippen LogP contribution is -2.00. The van der Waals surface area contributed by atoms with Crippen LogP contribution in [0, 0.1) is 0 Å². The van der Waals surface area contributed by atoms with Crippen LogP contribution in [-0.4, -0.2) is 27.1 Å². The van der Waals surface area contributed by atoms with Gasteiger partial charge < -0.3 is 14.2 Å². The van der Waals surface area contributed by atoms with Crippen molar-refractivity contribution in [2.45, 2.75) is 0 Å². The van der Waals surface area contributed by atoms with Crippen LogP contribution in [0.4, 0.5) is 0 Å². The van der Waals surface area contributed by atoms with Crippen molar-refractivity contribution in [3.63, 3.8) is 0 Å². The molecule has 0 heterocycles. The fraction of sp³-hybridized carbons (Fsp3) is 0.167. The molecule has 0 unspecified atom stereocenters. The molecule has 0 atom stereocenters. The molecule has 0 radical (unpaired) electrons. The zero-order valence-electron chi connectivity index (χ0n) is 12.9. The van der Waals surface area contributed by atoms with Crippen LogP contribution < -0.4 is 14.2 Å². The van der Waals surface area contributed by atoms with E-state index in [-0.39, 0.29) is 5.78 Å². The van der Waals surface area contributed by atoms with Crippen molar-refractivity contribution in [2.75, 3.05) is 21.3 Å². The molecular weight excluding hydrogens is 280 g/mol. The third kappa shape index (κ3) is 2.68. The molecule has 4 heteroatoms. The Hall–Kier alpha value is -2.75. The lowest BCUT2D eigenvalue weighted by molar-refractivity contribution is 0.104. The summed E-state index contributed by atoms with van der Waals surface area (Å²) in [4.78, 5) is 12.1. The van der Waals surface area contributed by atoms with Gasteiger partial charge in [0.2, 0.25) is 5.75 Å². The molecule has 2 aromatic rings. The highest BCUT2D eigenvalue weighted by Gasteiger charge is 2.19. The molecular formula is C18H18O4. The minimum atomic E-state index is -0.146. The number of rotatable bonds is 6. The fourth-order valence-corrected chi connectivity index (χ4v) is 2.36. The van der Waals surface area contributed by atoms with Crippen molar-refractivity contribution in [3.05, 3.63) is 54.6 Å². The van der Waals surface area contributed by atoms with Gasteiger partial charge in [0.15, 0.2) is 17.3 Å². The number of carbonyl (C=O) groups excluding carboxylic acids is 1. The van der Waals surface area contributed by atoms with Crippen LogP contribution >= 0.6 is 0 Å². The molecule has 0 aliphatic rings. The first-order valence-corrected chi connectivity index (χ1v) is 6.73. The number of allylic oxidation sites excluding steroid dienone is 1. The Labute approximate surface area is 129 Å². The van der Waals surface area contributed by atoms with E-state index >= 15 is 0 Å². The van der Waals surface area contributed by atoms with E-state index in [1.165, 1.54) is 6.08 Å². The summed E-state index contributed by atoms with van der Waals surface area (Å²) in [5, 5.41) is 0. The van der Waals surface area contributed by atoms with Crippen molar-refractivity contribution in [1.82, 2.24) is 0 Å². The zero-order chi connectivity index (χ0) is 16.1. The Bertz CT molecular complexity index is 704. The highest BCUT2D eigenvalue weighted by molar-refractivity contribution is 6.09. The van der Waals surface area contributed by atoms with E-state index in [1.54, 1.807) is 33.5 Å². The molecule has 0 saturated carbocycles. The molecule has 0 saturated heterocycles. The van der Waals surface area contributed by atoms with Crippen LogP contribution in [0.2, 0.25) is 0 Å². The predicted octanol–water partition coefficient (Wildman–Crippen LogP) is 3.75. The predicted molar refractivity (Wildman–Crippen MR) is 86.1 cm³/mol. The van der Waals surface area contributed by atoms with Crippen LogP contribution in [-0.2, 0) is 0 Å². The maximum atomic E-state index is 12.1. The summed E-state index contributed by atoms with van der Waals surface area (Å²) in [5.74, 6) is 1.43. The van der Waals surface area contributed by atoms with E-state index in [0.717, 1.165) is 11.1 Å². The number of ether oxygens (including phenoxy) is 3. The molecule has 0 aliphatic carbocycles. The van der Waals surface area contributed by atoms with Crippen molar-refractivity contribution in [3.8, 4) is 28.4 Å². The topological polar surface area (TPSA) is 44.8 Å². The first-order valence-electron chi connectivity index (χ1n) is 6.73. The largest absolute Gasteiger partial charge is 0.493 e. The fourth-order valence-electron chi connectivity index (χ4n) is 2.36. The normalized spacial score (nSPS) is 9.95. The number of hydrogen-bond acceptors (Lipinski definition) is 4. The van der Waals surface area contributed by atoms with Gasteiger partial charge in [-0.2, -0.15) is 0 Å². The first kappa shape index (κ1) is 15.6. The highest BCUT2D eigenvalue weighted by Crippen LogP contribution is 2.45. The third-order valence-corrected chi connectivity index (χ3v) is 3.37. The molecule has 0 N–H and O–H groups in total. The number of benzene rings is 2. The second-order valence-corrected chi connectivity index (χ2v) is 4.50. The summed E-state index contributed by atoms with van der Waals surface area (Å²) in [6, 6.07) is 10.9. The van der Waals surface area contributed by atoms with Crippen molar-refractivity contribution in [2.24, 2.45) is 0 Å². The van der Waals surface area contributed by atoms with E-state index in [2.05, 4.69) is 6.58 Å². The van der Waals surface area contributed by atoms with Crippen LogP contribution in [0.1, 0.15) is 10.4 Å².